The Morgan fingerprint density at radius 3 is 3.10 bits per heavy atom. The van der Waals surface area contributed by atoms with Gasteiger partial charge in [0.2, 0.25) is 0 Å². The molecule has 0 spiro atoms. The third-order valence-electron chi connectivity index (χ3n) is 4.07. The Morgan fingerprint density at radius 1 is 1.19 bits per heavy atom. The molecule has 0 fully saturated rings. The van der Waals surface area contributed by atoms with Crippen molar-refractivity contribution in [3.05, 3.63) is 59.9 Å². The zero-order chi connectivity index (χ0) is 14.2. The molecule has 1 aliphatic rings. The maximum absolute atomic E-state index is 13.9. The number of rotatable bonds is 1. The minimum absolute atomic E-state index is 0.270. The normalized spacial score (nSPS) is 15.0. The van der Waals surface area contributed by atoms with E-state index >= 15 is 0 Å². The Labute approximate surface area is 122 Å². The standard InChI is InChI=1S/C17H15FN2O/c18-14-4-1-3-13-15(6-8-19-17(13)14)20-9-2-5-16-12(11-20)7-10-21-16/h1,3-4,6-8,10H,2,5,9,11H2. The van der Waals surface area contributed by atoms with Gasteiger partial charge in [-0.3, -0.25) is 4.98 Å². The van der Waals surface area contributed by atoms with Crippen molar-refractivity contribution in [1.29, 1.82) is 0 Å². The molecule has 3 aromatic rings. The van der Waals surface area contributed by atoms with Gasteiger partial charge in [-0.2, -0.15) is 0 Å². The fourth-order valence-electron chi connectivity index (χ4n) is 3.05. The quantitative estimate of drug-likeness (QED) is 0.677. The van der Waals surface area contributed by atoms with E-state index < -0.39 is 0 Å². The Balaban J connectivity index is 1.82. The molecule has 4 heteroatoms. The first kappa shape index (κ1) is 12.4. The molecule has 0 saturated heterocycles. The van der Waals surface area contributed by atoms with Crippen LogP contribution < -0.4 is 4.90 Å². The molecule has 0 N–H and O–H groups in total. The van der Waals surface area contributed by atoms with Gasteiger partial charge in [0.05, 0.1) is 6.26 Å². The van der Waals surface area contributed by atoms with Crippen LogP contribution in [0.25, 0.3) is 10.9 Å². The van der Waals surface area contributed by atoms with Crippen LogP contribution in [0.5, 0.6) is 0 Å². The van der Waals surface area contributed by atoms with Crippen LogP contribution in [0.1, 0.15) is 17.7 Å². The van der Waals surface area contributed by atoms with E-state index in [-0.39, 0.29) is 5.82 Å². The third kappa shape index (κ3) is 2.07. The molecule has 4 rings (SSSR count). The van der Waals surface area contributed by atoms with Crippen molar-refractivity contribution in [3.63, 3.8) is 0 Å². The number of aryl methyl sites for hydroxylation is 1. The summed E-state index contributed by atoms with van der Waals surface area (Å²) in [6.45, 7) is 1.72. The van der Waals surface area contributed by atoms with E-state index in [1.54, 1.807) is 18.5 Å². The lowest BCUT2D eigenvalue weighted by molar-refractivity contribution is 0.504. The summed E-state index contributed by atoms with van der Waals surface area (Å²) in [5.74, 6) is 0.801. The Hall–Kier alpha value is -2.36. The summed E-state index contributed by atoms with van der Waals surface area (Å²) in [6.07, 6.45) is 5.41. The van der Waals surface area contributed by atoms with E-state index in [1.807, 2.05) is 18.2 Å². The maximum Gasteiger partial charge on any atom is 0.149 e. The van der Waals surface area contributed by atoms with Gasteiger partial charge in [-0.15, -0.1) is 0 Å². The molecular formula is C17H15FN2O. The molecule has 1 aliphatic heterocycles. The number of benzene rings is 1. The first-order chi connectivity index (χ1) is 10.3. The first-order valence-electron chi connectivity index (χ1n) is 7.16. The predicted molar refractivity (Wildman–Crippen MR) is 79.8 cm³/mol. The van der Waals surface area contributed by atoms with Crippen LogP contribution in [0.15, 0.2) is 47.2 Å². The van der Waals surface area contributed by atoms with Crippen LogP contribution in [-0.2, 0) is 13.0 Å². The number of furan rings is 1. The van der Waals surface area contributed by atoms with E-state index in [4.69, 9.17) is 4.42 Å². The lowest BCUT2D eigenvalue weighted by Crippen LogP contribution is -2.22. The third-order valence-corrected chi connectivity index (χ3v) is 4.07. The van der Waals surface area contributed by atoms with Crippen molar-refractivity contribution < 1.29 is 8.81 Å². The second kappa shape index (κ2) is 4.88. The van der Waals surface area contributed by atoms with Gasteiger partial charge in [-0.05, 0) is 24.6 Å². The minimum Gasteiger partial charge on any atom is -0.469 e. The smallest absolute Gasteiger partial charge is 0.149 e. The molecule has 21 heavy (non-hydrogen) atoms. The molecule has 0 radical (unpaired) electrons. The number of nitrogens with zero attached hydrogens (tertiary/aromatic N) is 2. The van der Waals surface area contributed by atoms with Crippen molar-refractivity contribution in [3.8, 4) is 0 Å². The maximum atomic E-state index is 13.9. The number of hydrogen-bond donors (Lipinski definition) is 0. The molecule has 3 nitrogen and oxygen atoms in total. The summed E-state index contributed by atoms with van der Waals surface area (Å²) in [7, 11) is 0. The van der Waals surface area contributed by atoms with Gasteiger partial charge in [-0.25, -0.2) is 4.39 Å². The number of pyridine rings is 1. The second-order valence-electron chi connectivity index (χ2n) is 5.36. The molecule has 3 heterocycles. The molecule has 0 atom stereocenters. The largest absolute Gasteiger partial charge is 0.469 e. The fourth-order valence-corrected chi connectivity index (χ4v) is 3.05. The predicted octanol–water partition coefficient (Wildman–Crippen LogP) is 3.92. The minimum atomic E-state index is -0.270. The van der Waals surface area contributed by atoms with Crippen molar-refractivity contribution in [2.75, 3.05) is 11.4 Å². The number of fused-ring (bicyclic) bond motifs is 2. The van der Waals surface area contributed by atoms with E-state index in [9.17, 15) is 4.39 Å². The lowest BCUT2D eigenvalue weighted by Gasteiger charge is -2.24. The number of hydrogen-bond acceptors (Lipinski definition) is 3. The summed E-state index contributed by atoms with van der Waals surface area (Å²) in [6, 6.07) is 9.12. The lowest BCUT2D eigenvalue weighted by atomic mass is 10.1. The van der Waals surface area contributed by atoms with E-state index in [0.29, 0.717) is 5.52 Å². The Bertz CT molecular complexity index is 796. The zero-order valence-corrected chi connectivity index (χ0v) is 11.6. The zero-order valence-electron chi connectivity index (χ0n) is 11.6. The highest BCUT2D eigenvalue weighted by Gasteiger charge is 2.19. The van der Waals surface area contributed by atoms with E-state index in [2.05, 4.69) is 9.88 Å². The van der Waals surface area contributed by atoms with Gasteiger partial charge in [-0.1, -0.05) is 12.1 Å². The number of halogens is 1. The Kier molecular flexibility index (Phi) is 2.88. The van der Waals surface area contributed by atoms with Gasteiger partial charge in [0.15, 0.2) is 0 Å². The molecule has 1 aromatic carbocycles. The molecule has 0 unspecified atom stereocenters. The molecule has 106 valence electrons. The fraction of sp³-hybridized carbons (Fsp3) is 0.235. The SMILES string of the molecule is Fc1cccc2c(N3CCCc4occc4C3)ccnc12. The van der Waals surface area contributed by atoms with Gasteiger partial charge >= 0.3 is 0 Å². The highest BCUT2D eigenvalue weighted by molar-refractivity contribution is 5.91. The number of anilines is 1. The van der Waals surface area contributed by atoms with Gasteiger partial charge in [0, 0.05) is 42.3 Å². The second-order valence-corrected chi connectivity index (χ2v) is 5.36. The van der Waals surface area contributed by atoms with E-state index in [1.165, 1.54) is 11.6 Å². The van der Waals surface area contributed by atoms with E-state index in [0.717, 1.165) is 42.8 Å². The highest BCUT2D eigenvalue weighted by Crippen LogP contribution is 2.30. The average molecular weight is 282 g/mol. The highest BCUT2D eigenvalue weighted by atomic mass is 19.1. The summed E-state index contributed by atoms with van der Waals surface area (Å²) in [5, 5.41) is 0.865. The van der Waals surface area contributed by atoms with Crippen LogP contribution in [-0.4, -0.2) is 11.5 Å². The van der Waals surface area contributed by atoms with Gasteiger partial charge in [0.1, 0.15) is 17.1 Å². The van der Waals surface area contributed by atoms with Crippen molar-refractivity contribution in [1.82, 2.24) is 4.98 Å². The summed E-state index contributed by atoms with van der Waals surface area (Å²) >= 11 is 0. The molecule has 0 bridgehead atoms. The summed E-state index contributed by atoms with van der Waals surface area (Å²) < 4.78 is 19.4. The van der Waals surface area contributed by atoms with Gasteiger partial charge in [0.25, 0.3) is 0 Å². The Morgan fingerprint density at radius 2 is 2.14 bits per heavy atom. The summed E-state index contributed by atoms with van der Waals surface area (Å²) in [4.78, 5) is 6.46. The monoisotopic (exact) mass is 282 g/mol. The van der Waals surface area contributed by atoms with Crippen molar-refractivity contribution in [2.24, 2.45) is 0 Å². The molecule has 0 aliphatic carbocycles. The molecular weight excluding hydrogens is 267 g/mol. The van der Waals surface area contributed by atoms with Crippen LogP contribution >= 0.6 is 0 Å². The molecule has 0 saturated carbocycles. The van der Waals surface area contributed by atoms with Crippen molar-refractivity contribution >= 4 is 16.6 Å². The first-order valence-corrected chi connectivity index (χ1v) is 7.16. The average Bonchev–Trinajstić information content (AvgIpc) is 2.84. The number of aromatic nitrogens is 1. The topological polar surface area (TPSA) is 29.3 Å². The van der Waals surface area contributed by atoms with Gasteiger partial charge < -0.3 is 9.32 Å². The molecule has 2 aromatic heterocycles. The molecule has 0 amide bonds. The summed E-state index contributed by atoms with van der Waals surface area (Å²) in [5.41, 5.74) is 2.69. The van der Waals surface area contributed by atoms with Crippen molar-refractivity contribution in [2.45, 2.75) is 19.4 Å². The number of para-hydroxylation sites is 1. The van der Waals surface area contributed by atoms with Crippen LogP contribution in [0.2, 0.25) is 0 Å². The van der Waals surface area contributed by atoms with Crippen LogP contribution in [0.3, 0.4) is 0 Å². The van der Waals surface area contributed by atoms with Crippen LogP contribution in [0, 0.1) is 5.82 Å². The van der Waals surface area contributed by atoms with Crippen LogP contribution in [0.4, 0.5) is 10.1 Å².